The third kappa shape index (κ3) is 8.34. The molecule has 0 saturated heterocycles. The fraction of sp³-hybridized carbons (Fsp3) is 0.800. The molecule has 72 valence electrons. The Morgan fingerprint density at radius 3 is 2.50 bits per heavy atom. The Morgan fingerprint density at radius 1 is 1.50 bits per heavy atom. The Morgan fingerprint density at radius 2 is 2.08 bits per heavy atom. The van der Waals surface area contributed by atoms with Crippen LogP contribution in [0.2, 0.25) is 6.04 Å². The van der Waals surface area contributed by atoms with Crippen molar-refractivity contribution in [2.24, 2.45) is 0 Å². The van der Waals surface area contributed by atoms with Crippen LogP contribution in [-0.2, 0) is 4.74 Å². The summed E-state index contributed by atoms with van der Waals surface area (Å²) in [7, 11) is -5.37. The van der Waals surface area contributed by atoms with Crippen molar-refractivity contribution in [3.05, 3.63) is 0 Å². The highest BCUT2D eigenvalue weighted by Crippen LogP contribution is 2.16. The molecule has 0 spiro atoms. The zero-order valence-corrected chi connectivity index (χ0v) is 9.11. The fourth-order valence-corrected chi connectivity index (χ4v) is 1.32. The summed E-state index contributed by atoms with van der Waals surface area (Å²) in [6, 6.07) is -0.677. The molecule has 0 aromatic rings. The van der Waals surface area contributed by atoms with Gasteiger partial charge in [0, 0.05) is 6.04 Å². The summed E-state index contributed by atoms with van der Waals surface area (Å²) < 4.78 is 40.2. The van der Waals surface area contributed by atoms with Crippen LogP contribution in [0.3, 0.4) is 0 Å². The van der Waals surface area contributed by atoms with Gasteiger partial charge in [-0.15, -0.1) is 0 Å². The summed E-state index contributed by atoms with van der Waals surface area (Å²) in [5, 5.41) is 0. The monoisotopic (exact) mass is 234 g/mol. The molecular weight excluding hydrogens is 225 g/mol. The summed E-state index contributed by atoms with van der Waals surface area (Å²) in [6.07, 6.45) is 1.75. The van der Waals surface area contributed by atoms with Crippen molar-refractivity contribution in [1.82, 2.24) is 0 Å². The van der Waals surface area contributed by atoms with Gasteiger partial charge >= 0.3 is 9.08 Å². The van der Waals surface area contributed by atoms with E-state index in [4.69, 9.17) is 4.74 Å². The molecule has 0 saturated carbocycles. The highest BCUT2D eigenvalue weighted by Gasteiger charge is 2.35. The first-order valence-corrected chi connectivity index (χ1v) is 6.70. The molecule has 0 radical (unpaired) electrons. The van der Waals surface area contributed by atoms with Crippen LogP contribution in [-0.4, -0.2) is 26.3 Å². The minimum atomic E-state index is -5.37. The number of hydrogen-bond acceptors (Lipinski definition) is 3. The Labute approximate surface area is 80.2 Å². The maximum absolute atomic E-state index is 11.7. The quantitative estimate of drug-likeness (QED) is 0.320. The van der Waals surface area contributed by atoms with Crippen molar-refractivity contribution in [3.8, 4) is 0 Å². The van der Waals surface area contributed by atoms with Gasteiger partial charge in [-0.3, -0.25) is 0 Å². The molecule has 0 heterocycles. The van der Waals surface area contributed by atoms with E-state index in [0.29, 0.717) is 4.38 Å². The van der Waals surface area contributed by atoms with Gasteiger partial charge in [-0.25, -0.2) is 12.3 Å². The Bertz CT molecular complexity index is 150. The van der Waals surface area contributed by atoms with E-state index in [9.17, 15) is 12.3 Å². The number of rotatable bonds is 4. The average Bonchev–Trinajstić information content (AvgIpc) is 1.96. The molecule has 0 atom stereocenters. The van der Waals surface area contributed by atoms with E-state index in [0.717, 1.165) is 0 Å². The molecule has 0 aliphatic rings. The predicted octanol–water partition coefficient (Wildman–Crippen LogP) is 2.89. The van der Waals surface area contributed by atoms with Crippen LogP contribution in [0.1, 0.15) is 6.42 Å². The third-order valence-corrected chi connectivity index (χ3v) is 2.98. The van der Waals surface area contributed by atoms with Crippen molar-refractivity contribution in [1.29, 1.82) is 0 Å². The maximum Gasteiger partial charge on any atom is 0.616 e. The third-order valence-electron chi connectivity index (χ3n) is 0.991. The Kier molecular flexibility index (Phi) is 5.94. The number of thioether (sulfide) groups is 1. The first-order valence-electron chi connectivity index (χ1n) is 3.23. The smallest absolute Gasteiger partial charge is 0.479 e. The highest BCUT2D eigenvalue weighted by molar-refractivity contribution is 8.22. The summed E-state index contributed by atoms with van der Waals surface area (Å²) in [6.45, 7) is 0.0756. The molecule has 0 aliphatic heterocycles. The lowest BCUT2D eigenvalue weighted by molar-refractivity contribution is 0.314. The van der Waals surface area contributed by atoms with E-state index in [-0.39, 0.29) is 13.0 Å². The van der Waals surface area contributed by atoms with Crippen molar-refractivity contribution in [2.75, 3.05) is 12.9 Å². The van der Waals surface area contributed by atoms with Crippen molar-refractivity contribution >= 4 is 37.4 Å². The lowest BCUT2D eigenvalue weighted by Crippen LogP contribution is -2.15. The number of halogens is 3. The second-order valence-corrected chi connectivity index (χ2v) is 5.16. The van der Waals surface area contributed by atoms with Crippen LogP contribution in [0.5, 0.6) is 0 Å². The first kappa shape index (κ1) is 12.2. The van der Waals surface area contributed by atoms with E-state index in [1.165, 1.54) is 11.8 Å². The second kappa shape index (κ2) is 5.82. The van der Waals surface area contributed by atoms with Crippen LogP contribution < -0.4 is 0 Å². The normalized spacial score (nSPS) is 11.3. The zero-order chi connectivity index (χ0) is 9.61. The van der Waals surface area contributed by atoms with E-state index in [1.807, 2.05) is 0 Å². The standard InChI is InChI=1S/C5H9F3OS2Si/c1-11-5(10)9-3-2-4-12(6,7)8/h2-4H2,1H3. The molecule has 7 heteroatoms. The summed E-state index contributed by atoms with van der Waals surface area (Å²) in [5.74, 6) is 0. The summed E-state index contributed by atoms with van der Waals surface area (Å²) in [5.41, 5.74) is 0. The van der Waals surface area contributed by atoms with E-state index >= 15 is 0 Å². The van der Waals surface area contributed by atoms with Gasteiger partial charge in [-0.2, -0.15) is 0 Å². The van der Waals surface area contributed by atoms with Gasteiger partial charge in [0.2, 0.25) is 4.38 Å². The Hall–Kier alpha value is 0.247. The van der Waals surface area contributed by atoms with Gasteiger partial charge in [0.15, 0.2) is 0 Å². The van der Waals surface area contributed by atoms with Crippen molar-refractivity contribution in [2.45, 2.75) is 12.5 Å². The van der Waals surface area contributed by atoms with E-state index in [2.05, 4.69) is 12.2 Å². The minimum absolute atomic E-state index is 0.0242. The number of ether oxygens (including phenoxy) is 1. The fourth-order valence-electron chi connectivity index (χ4n) is 0.487. The molecule has 0 unspecified atom stereocenters. The molecule has 0 aromatic carbocycles. The van der Waals surface area contributed by atoms with E-state index in [1.54, 1.807) is 6.26 Å². The SMILES string of the molecule is CSC(=S)OCCC[Si](F)(F)F. The molecule has 1 nitrogen and oxygen atoms in total. The van der Waals surface area contributed by atoms with Gasteiger partial charge in [0.05, 0.1) is 6.61 Å². The molecule has 0 aliphatic carbocycles. The van der Waals surface area contributed by atoms with Crippen LogP contribution in [0.4, 0.5) is 12.3 Å². The summed E-state index contributed by atoms with van der Waals surface area (Å²) in [4.78, 5) is 0. The summed E-state index contributed by atoms with van der Waals surface area (Å²) >= 11 is 5.85. The van der Waals surface area contributed by atoms with Crippen LogP contribution in [0.25, 0.3) is 0 Å². The maximum atomic E-state index is 11.7. The largest absolute Gasteiger partial charge is 0.616 e. The lowest BCUT2D eigenvalue weighted by Gasteiger charge is -2.04. The highest BCUT2D eigenvalue weighted by atomic mass is 32.2. The number of thiocarbonyl (C=S) groups is 1. The van der Waals surface area contributed by atoms with Crippen LogP contribution in [0.15, 0.2) is 0 Å². The molecule has 0 rings (SSSR count). The molecule has 0 amide bonds. The van der Waals surface area contributed by atoms with Crippen LogP contribution >= 0.6 is 24.0 Å². The Balaban J connectivity index is 3.28. The van der Waals surface area contributed by atoms with Gasteiger partial charge in [-0.05, 0) is 24.9 Å². The van der Waals surface area contributed by atoms with Crippen LogP contribution in [0, 0.1) is 0 Å². The first-order chi connectivity index (χ1) is 5.45. The van der Waals surface area contributed by atoms with E-state index < -0.39 is 15.1 Å². The predicted molar refractivity (Wildman–Crippen MR) is 50.6 cm³/mol. The topological polar surface area (TPSA) is 9.23 Å². The second-order valence-electron chi connectivity index (χ2n) is 2.02. The van der Waals surface area contributed by atoms with Gasteiger partial charge in [0.25, 0.3) is 0 Å². The molecular formula is C5H9F3OS2Si. The van der Waals surface area contributed by atoms with Gasteiger partial charge in [-0.1, -0.05) is 11.8 Å². The number of hydrogen-bond donors (Lipinski definition) is 0. The minimum Gasteiger partial charge on any atom is -0.479 e. The molecule has 12 heavy (non-hydrogen) atoms. The molecule has 0 fully saturated rings. The average molecular weight is 234 g/mol. The molecule has 0 aromatic heterocycles. The zero-order valence-electron chi connectivity index (χ0n) is 6.48. The molecule has 0 bridgehead atoms. The van der Waals surface area contributed by atoms with Gasteiger partial charge < -0.3 is 4.74 Å². The van der Waals surface area contributed by atoms with Gasteiger partial charge in [0.1, 0.15) is 0 Å². The van der Waals surface area contributed by atoms with Crippen molar-refractivity contribution < 1.29 is 17.1 Å². The molecule has 0 N–H and O–H groups in total. The lowest BCUT2D eigenvalue weighted by atomic mass is 10.5. The van der Waals surface area contributed by atoms with Crippen molar-refractivity contribution in [3.63, 3.8) is 0 Å².